The molecule has 0 bridgehead atoms. The summed E-state index contributed by atoms with van der Waals surface area (Å²) in [5.74, 6) is 0.897. The summed E-state index contributed by atoms with van der Waals surface area (Å²) < 4.78 is 5.08. The van der Waals surface area contributed by atoms with Crippen LogP contribution in [0.25, 0.3) is 0 Å². The van der Waals surface area contributed by atoms with Gasteiger partial charge in [-0.05, 0) is 30.2 Å². The zero-order chi connectivity index (χ0) is 15.2. The lowest BCUT2D eigenvalue weighted by Crippen LogP contribution is -2.20. The number of hydrogen-bond acceptors (Lipinski definition) is 3. The first-order valence-electron chi connectivity index (χ1n) is 6.98. The number of nitrogens with one attached hydrogen (secondary N) is 1. The maximum absolute atomic E-state index is 9.98. The van der Waals surface area contributed by atoms with Crippen LogP contribution < -0.4 is 10.1 Å². The Morgan fingerprint density at radius 1 is 1.19 bits per heavy atom. The van der Waals surface area contributed by atoms with E-state index in [1.54, 1.807) is 13.2 Å². The Hall–Kier alpha value is -1.71. The van der Waals surface area contributed by atoms with E-state index in [-0.39, 0.29) is 11.8 Å². The Kier molecular flexibility index (Phi) is 5.48. The van der Waals surface area contributed by atoms with Crippen LogP contribution in [0.15, 0.2) is 42.5 Å². The monoisotopic (exact) mass is 305 g/mol. The van der Waals surface area contributed by atoms with Crippen LogP contribution in [-0.4, -0.2) is 12.2 Å². The zero-order valence-corrected chi connectivity index (χ0v) is 13.0. The van der Waals surface area contributed by atoms with Gasteiger partial charge in [-0.2, -0.15) is 0 Å². The van der Waals surface area contributed by atoms with E-state index in [0.29, 0.717) is 12.3 Å². The Balaban J connectivity index is 2.04. The number of phenolic OH excluding ortho intramolecular Hbond substituents is 1. The van der Waals surface area contributed by atoms with Gasteiger partial charge in [0.1, 0.15) is 11.5 Å². The summed E-state index contributed by atoms with van der Waals surface area (Å²) >= 11 is 5.92. The molecule has 0 aromatic heterocycles. The predicted molar refractivity (Wildman–Crippen MR) is 86.0 cm³/mol. The first kappa shape index (κ1) is 15.7. The van der Waals surface area contributed by atoms with Gasteiger partial charge in [-0.3, -0.25) is 0 Å². The van der Waals surface area contributed by atoms with Crippen molar-refractivity contribution in [1.29, 1.82) is 0 Å². The van der Waals surface area contributed by atoms with Gasteiger partial charge in [-0.1, -0.05) is 36.7 Å². The number of benzene rings is 2. The standard InChI is InChI=1S/C17H20ClNO2/c1-3-16(12-4-7-14(18)8-5-12)19-11-13-6-9-15(21-2)10-17(13)20/h4-10,16,19-20H,3,11H2,1-2H3. The van der Waals surface area contributed by atoms with Gasteiger partial charge in [-0.15, -0.1) is 0 Å². The van der Waals surface area contributed by atoms with Crippen LogP contribution in [0, 0.1) is 0 Å². The maximum Gasteiger partial charge on any atom is 0.123 e. The third kappa shape index (κ3) is 4.13. The first-order valence-corrected chi connectivity index (χ1v) is 7.36. The lowest BCUT2D eigenvalue weighted by Gasteiger charge is -2.18. The predicted octanol–water partition coefficient (Wildman–Crippen LogP) is 4.30. The normalized spacial score (nSPS) is 12.1. The van der Waals surface area contributed by atoms with Crippen LogP contribution >= 0.6 is 11.6 Å². The highest BCUT2D eigenvalue weighted by Crippen LogP contribution is 2.25. The van der Waals surface area contributed by atoms with E-state index < -0.39 is 0 Å². The van der Waals surface area contributed by atoms with Crippen molar-refractivity contribution in [3.63, 3.8) is 0 Å². The maximum atomic E-state index is 9.98. The molecule has 0 radical (unpaired) electrons. The molecule has 2 N–H and O–H groups in total. The number of methoxy groups -OCH3 is 1. The number of phenols is 1. The molecule has 0 aliphatic rings. The average molecular weight is 306 g/mol. The fourth-order valence-electron chi connectivity index (χ4n) is 2.25. The van der Waals surface area contributed by atoms with Crippen molar-refractivity contribution in [2.75, 3.05) is 7.11 Å². The van der Waals surface area contributed by atoms with E-state index in [1.807, 2.05) is 36.4 Å². The van der Waals surface area contributed by atoms with Crippen molar-refractivity contribution in [3.8, 4) is 11.5 Å². The van der Waals surface area contributed by atoms with E-state index in [2.05, 4.69) is 12.2 Å². The smallest absolute Gasteiger partial charge is 0.123 e. The molecular formula is C17H20ClNO2. The fourth-order valence-corrected chi connectivity index (χ4v) is 2.37. The van der Waals surface area contributed by atoms with Crippen LogP contribution in [0.1, 0.15) is 30.5 Å². The highest BCUT2D eigenvalue weighted by molar-refractivity contribution is 6.30. The molecule has 2 rings (SSSR count). The molecule has 1 atom stereocenters. The molecule has 0 aliphatic carbocycles. The van der Waals surface area contributed by atoms with Crippen molar-refractivity contribution >= 4 is 11.6 Å². The van der Waals surface area contributed by atoms with E-state index in [4.69, 9.17) is 16.3 Å². The number of aromatic hydroxyl groups is 1. The number of ether oxygens (including phenoxy) is 1. The number of halogens is 1. The molecular weight excluding hydrogens is 286 g/mol. The summed E-state index contributed by atoms with van der Waals surface area (Å²) in [5.41, 5.74) is 2.04. The van der Waals surface area contributed by atoms with E-state index in [0.717, 1.165) is 17.0 Å². The number of hydrogen-bond donors (Lipinski definition) is 2. The van der Waals surface area contributed by atoms with Gasteiger partial charge in [-0.25, -0.2) is 0 Å². The molecule has 0 saturated heterocycles. The van der Waals surface area contributed by atoms with Gasteiger partial charge >= 0.3 is 0 Å². The summed E-state index contributed by atoms with van der Waals surface area (Å²) in [6.45, 7) is 2.72. The molecule has 0 fully saturated rings. The summed E-state index contributed by atoms with van der Waals surface area (Å²) in [6, 6.07) is 13.4. The summed E-state index contributed by atoms with van der Waals surface area (Å²) in [5, 5.41) is 14.2. The third-order valence-corrected chi connectivity index (χ3v) is 3.76. The molecule has 0 aliphatic heterocycles. The van der Waals surface area contributed by atoms with E-state index >= 15 is 0 Å². The van der Waals surface area contributed by atoms with Gasteiger partial charge in [0, 0.05) is 29.2 Å². The van der Waals surface area contributed by atoms with Gasteiger partial charge < -0.3 is 15.2 Å². The highest BCUT2D eigenvalue weighted by Gasteiger charge is 2.10. The minimum absolute atomic E-state index is 0.226. The minimum atomic E-state index is 0.226. The largest absolute Gasteiger partial charge is 0.507 e. The molecule has 21 heavy (non-hydrogen) atoms. The van der Waals surface area contributed by atoms with Crippen molar-refractivity contribution in [2.45, 2.75) is 25.9 Å². The Labute approximate surface area is 130 Å². The summed E-state index contributed by atoms with van der Waals surface area (Å²) in [4.78, 5) is 0. The molecule has 2 aromatic rings. The summed E-state index contributed by atoms with van der Waals surface area (Å²) in [6.07, 6.45) is 0.957. The minimum Gasteiger partial charge on any atom is -0.507 e. The number of rotatable bonds is 6. The molecule has 2 aromatic carbocycles. The van der Waals surface area contributed by atoms with Crippen LogP contribution in [0.2, 0.25) is 5.02 Å². The van der Waals surface area contributed by atoms with Crippen molar-refractivity contribution in [1.82, 2.24) is 5.32 Å². The van der Waals surface area contributed by atoms with Crippen LogP contribution in [0.3, 0.4) is 0 Å². The Morgan fingerprint density at radius 3 is 2.48 bits per heavy atom. The van der Waals surface area contributed by atoms with Gasteiger partial charge in [0.05, 0.1) is 7.11 Å². The van der Waals surface area contributed by atoms with Crippen molar-refractivity contribution in [2.24, 2.45) is 0 Å². The molecule has 1 unspecified atom stereocenters. The molecule has 0 saturated carbocycles. The molecule has 112 valence electrons. The Bertz CT molecular complexity index is 584. The van der Waals surface area contributed by atoms with Crippen molar-refractivity contribution < 1.29 is 9.84 Å². The topological polar surface area (TPSA) is 41.5 Å². The fraction of sp³-hybridized carbons (Fsp3) is 0.294. The third-order valence-electron chi connectivity index (χ3n) is 3.51. The van der Waals surface area contributed by atoms with Crippen molar-refractivity contribution in [3.05, 3.63) is 58.6 Å². The summed E-state index contributed by atoms with van der Waals surface area (Å²) in [7, 11) is 1.58. The molecule has 4 heteroatoms. The molecule has 3 nitrogen and oxygen atoms in total. The van der Waals surface area contributed by atoms with Crippen LogP contribution in [-0.2, 0) is 6.54 Å². The Morgan fingerprint density at radius 2 is 1.90 bits per heavy atom. The second-order valence-electron chi connectivity index (χ2n) is 4.89. The lowest BCUT2D eigenvalue weighted by molar-refractivity contribution is 0.405. The quantitative estimate of drug-likeness (QED) is 0.836. The molecule has 0 heterocycles. The zero-order valence-electron chi connectivity index (χ0n) is 12.3. The lowest BCUT2D eigenvalue weighted by atomic mass is 10.0. The van der Waals surface area contributed by atoms with E-state index in [1.165, 1.54) is 5.56 Å². The first-order chi connectivity index (χ1) is 10.1. The second kappa shape index (κ2) is 7.34. The molecule has 0 amide bonds. The van der Waals surface area contributed by atoms with E-state index in [9.17, 15) is 5.11 Å². The second-order valence-corrected chi connectivity index (χ2v) is 5.32. The van der Waals surface area contributed by atoms with Gasteiger partial charge in [0.15, 0.2) is 0 Å². The highest BCUT2D eigenvalue weighted by atomic mass is 35.5. The van der Waals surface area contributed by atoms with Crippen LogP contribution in [0.4, 0.5) is 0 Å². The average Bonchev–Trinajstić information content (AvgIpc) is 2.50. The van der Waals surface area contributed by atoms with Crippen LogP contribution in [0.5, 0.6) is 11.5 Å². The van der Waals surface area contributed by atoms with Gasteiger partial charge in [0.25, 0.3) is 0 Å². The van der Waals surface area contributed by atoms with Gasteiger partial charge in [0.2, 0.25) is 0 Å². The SMILES string of the molecule is CCC(NCc1ccc(OC)cc1O)c1ccc(Cl)cc1. The molecule has 0 spiro atoms.